The van der Waals surface area contributed by atoms with Crippen LogP contribution in [0, 0.1) is 0 Å². The molecule has 2 N–H and O–H groups in total. The predicted molar refractivity (Wildman–Crippen MR) is 111 cm³/mol. The highest BCUT2D eigenvalue weighted by Crippen LogP contribution is 2.17. The average Bonchev–Trinajstić information content (AvgIpc) is 2.63. The molecule has 0 amide bonds. The molecule has 1 saturated heterocycles. The minimum Gasteiger partial charge on any atom is -0.369 e. The Labute approximate surface area is 159 Å². The number of hydrogen-bond acceptors (Lipinski definition) is 3. The second-order valence-electron chi connectivity index (χ2n) is 6.27. The van der Waals surface area contributed by atoms with Gasteiger partial charge < -0.3 is 20.4 Å². The molecule has 0 unspecified atom stereocenters. The fourth-order valence-electron chi connectivity index (χ4n) is 2.78. The van der Waals surface area contributed by atoms with Crippen LogP contribution in [-0.4, -0.2) is 43.2 Å². The molecule has 1 aliphatic heterocycles. The number of piperazine rings is 1. The molecule has 1 aliphatic rings. The summed E-state index contributed by atoms with van der Waals surface area (Å²) in [4.78, 5) is 4.80. The van der Waals surface area contributed by atoms with Crippen molar-refractivity contribution in [3.05, 3.63) is 59.1 Å². The first-order valence-electron chi connectivity index (χ1n) is 8.43. The Morgan fingerprint density at radius 1 is 1.00 bits per heavy atom. The SMILES string of the molecule is CN1CCN(c2ccc(CNC(=S)Nc3ccc(Cl)cc3)cc2)CC1. The van der Waals surface area contributed by atoms with Crippen molar-refractivity contribution in [3.63, 3.8) is 0 Å². The van der Waals surface area contributed by atoms with Gasteiger partial charge in [0.1, 0.15) is 0 Å². The van der Waals surface area contributed by atoms with Gasteiger partial charge in [0.05, 0.1) is 0 Å². The van der Waals surface area contributed by atoms with E-state index in [1.807, 2.05) is 24.3 Å². The molecule has 0 spiro atoms. The molecule has 25 heavy (non-hydrogen) atoms. The molecule has 6 heteroatoms. The maximum absolute atomic E-state index is 5.88. The number of halogens is 1. The minimum absolute atomic E-state index is 0.602. The van der Waals surface area contributed by atoms with Gasteiger partial charge in [0.15, 0.2) is 5.11 Å². The lowest BCUT2D eigenvalue weighted by atomic mass is 10.2. The summed E-state index contributed by atoms with van der Waals surface area (Å²) < 4.78 is 0. The van der Waals surface area contributed by atoms with Gasteiger partial charge in [-0.05, 0) is 61.2 Å². The normalized spacial score (nSPS) is 15.0. The average molecular weight is 375 g/mol. The minimum atomic E-state index is 0.602. The number of nitrogens with one attached hydrogen (secondary N) is 2. The smallest absolute Gasteiger partial charge is 0.171 e. The van der Waals surface area contributed by atoms with Crippen LogP contribution in [0.15, 0.2) is 48.5 Å². The topological polar surface area (TPSA) is 30.5 Å². The first-order chi connectivity index (χ1) is 12.1. The first-order valence-corrected chi connectivity index (χ1v) is 9.21. The summed E-state index contributed by atoms with van der Waals surface area (Å²) in [6.07, 6.45) is 0. The molecule has 4 nitrogen and oxygen atoms in total. The van der Waals surface area contributed by atoms with E-state index >= 15 is 0 Å². The largest absolute Gasteiger partial charge is 0.369 e. The van der Waals surface area contributed by atoms with Crippen LogP contribution in [0.25, 0.3) is 0 Å². The van der Waals surface area contributed by atoms with Crippen LogP contribution in [0.4, 0.5) is 11.4 Å². The van der Waals surface area contributed by atoms with Crippen LogP contribution in [0.2, 0.25) is 5.02 Å². The third kappa shape index (κ3) is 5.33. The molecule has 1 heterocycles. The first kappa shape index (κ1) is 18.0. The van der Waals surface area contributed by atoms with Crippen LogP contribution in [0.1, 0.15) is 5.56 Å². The van der Waals surface area contributed by atoms with E-state index in [4.69, 9.17) is 23.8 Å². The molecular formula is C19H23ClN4S. The Kier molecular flexibility index (Phi) is 6.13. The van der Waals surface area contributed by atoms with Crippen molar-refractivity contribution in [3.8, 4) is 0 Å². The number of rotatable bonds is 4. The van der Waals surface area contributed by atoms with Crippen LogP contribution in [0.3, 0.4) is 0 Å². The van der Waals surface area contributed by atoms with Gasteiger partial charge in [0.2, 0.25) is 0 Å². The predicted octanol–water partition coefficient (Wildman–Crippen LogP) is 3.58. The zero-order valence-electron chi connectivity index (χ0n) is 14.3. The molecule has 0 aliphatic carbocycles. The second kappa shape index (κ2) is 8.52. The van der Waals surface area contributed by atoms with E-state index in [2.05, 4.69) is 51.7 Å². The summed E-state index contributed by atoms with van der Waals surface area (Å²) in [6, 6.07) is 16.2. The van der Waals surface area contributed by atoms with Crippen LogP contribution in [0.5, 0.6) is 0 Å². The van der Waals surface area contributed by atoms with Crippen LogP contribution >= 0.6 is 23.8 Å². The number of thiocarbonyl (C=S) groups is 1. The maximum Gasteiger partial charge on any atom is 0.171 e. The molecule has 0 radical (unpaired) electrons. The van der Waals surface area contributed by atoms with Gasteiger partial charge in [-0.2, -0.15) is 0 Å². The Morgan fingerprint density at radius 2 is 1.64 bits per heavy atom. The molecule has 0 bridgehead atoms. The summed E-state index contributed by atoms with van der Waals surface area (Å²) in [5.41, 5.74) is 3.42. The van der Waals surface area contributed by atoms with E-state index in [1.54, 1.807) is 0 Å². The van der Waals surface area contributed by atoms with Crippen LogP contribution in [-0.2, 0) is 6.54 Å². The van der Waals surface area contributed by atoms with Gasteiger partial charge in [-0.25, -0.2) is 0 Å². The number of benzene rings is 2. The summed E-state index contributed by atoms with van der Waals surface area (Å²) in [5.74, 6) is 0. The highest BCUT2D eigenvalue weighted by Gasteiger charge is 2.13. The van der Waals surface area contributed by atoms with Gasteiger partial charge in [0.25, 0.3) is 0 Å². The number of anilines is 2. The molecule has 2 aromatic carbocycles. The zero-order valence-corrected chi connectivity index (χ0v) is 15.9. The standard InChI is InChI=1S/C19H23ClN4S/c1-23-10-12-24(13-11-23)18-8-2-15(3-9-18)14-21-19(25)22-17-6-4-16(20)5-7-17/h2-9H,10-14H2,1H3,(H2,21,22,25). The molecule has 0 atom stereocenters. The molecule has 2 aromatic rings. The lowest BCUT2D eigenvalue weighted by molar-refractivity contribution is 0.313. The Morgan fingerprint density at radius 3 is 2.28 bits per heavy atom. The second-order valence-corrected chi connectivity index (χ2v) is 7.12. The lowest BCUT2D eigenvalue weighted by Gasteiger charge is -2.34. The molecular weight excluding hydrogens is 352 g/mol. The van der Waals surface area contributed by atoms with Crippen molar-refractivity contribution in [2.75, 3.05) is 43.4 Å². The van der Waals surface area contributed by atoms with Crippen LogP contribution < -0.4 is 15.5 Å². The van der Waals surface area contributed by atoms with E-state index in [-0.39, 0.29) is 0 Å². The summed E-state index contributed by atoms with van der Waals surface area (Å²) in [5, 5.41) is 7.70. The molecule has 0 aromatic heterocycles. The quantitative estimate of drug-likeness (QED) is 0.799. The summed E-state index contributed by atoms with van der Waals surface area (Å²) in [7, 11) is 2.17. The third-order valence-corrected chi connectivity index (χ3v) is 4.86. The molecule has 0 saturated carbocycles. The number of likely N-dealkylation sites (N-methyl/N-ethyl adjacent to an activating group) is 1. The van der Waals surface area contributed by atoms with Crippen molar-refractivity contribution in [1.82, 2.24) is 10.2 Å². The highest BCUT2D eigenvalue weighted by atomic mass is 35.5. The molecule has 1 fully saturated rings. The zero-order chi connectivity index (χ0) is 17.6. The fraction of sp³-hybridized carbons (Fsp3) is 0.316. The van der Waals surface area contributed by atoms with E-state index in [1.165, 1.54) is 11.3 Å². The van der Waals surface area contributed by atoms with Crippen molar-refractivity contribution in [2.24, 2.45) is 0 Å². The van der Waals surface area contributed by atoms with Gasteiger partial charge in [0, 0.05) is 49.1 Å². The van der Waals surface area contributed by atoms with Gasteiger partial charge >= 0.3 is 0 Å². The highest BCUT2D eigenvalue weighted by molar-refractivity contribution is 7.80. The van der Waals surface area contributed by atoms with Crippen molar-refractivity contribution in [1.29, 1.82) is 0 Å². The number of nitrogens with zero attached hydrogens (tertiary/aromatic N) is 2. The van der Waals surface area contributed by atoms with Gasteiger partial charge in [-0.15, -0.1) is 0 Å². The summed E-state index contributed by atoms with van der Waals surface area (Å²) >= 11 is 11.2. The Hall–Kier alpha value is -1.82. The molecule has 3 rings (SSSR count). The van der Waals surface area contributed by atoms with Crippen molar-refractivity contribution < 1.29 is 0 Å². The maximum atomic E-state index is 5.88. The molecule has 132 valence electrons. The number of hydrogen-bond donors (Lipinski definition) is 2. The Bertz CT molecular complexity index is 694. The van der Waals surface area contributed by atoms with E-state index < -0.39 is 0 Å². The summed E-state index contributed by atoms with van der Waals surface area (Å²) in [6.45, 7) is 5.11. The van der Waals surface area contributed by atoms with Gasteiger partial charge in [-0.3, -0.25) is 0 Å². The van der Waals surface area contributed by atoms with E-state index in [0.717, 1.165) is 31.9 Å². The van der Waals surface area contributed by atoms with Crippen molar-refractivity contribution >= 4 is 40.3 Å². The van der Waals surface area contributed by atoms with Gasteiger partial charge in [-0.1, -0.05) is 23.7 Å². The Balaban J connectivity index is 1.48. The fourth-order valence-corrected chi connectivity index (χ4v) is 3.10. The third-order valence-electron chi connectivity index (χ3n) is 4.36. The lowest BCUT2D eigenvalue weighted by Crippen LogP contribution is -2.44. The monoisotopic (exact) mass is 374 g/mol. The van der Waals surface area contributed by atoms with E-state index in [0.29, 0.717) is 16.7 Å². The van der Waals surface area contributed by atoms with E-state index in [9.17, 15) is 0 Å². The van der Waals surface area contributed by atoms with Crippen molar-refractivity contribution in [2.45, 2.75) is 6.54 Å².